The molecule has 0 aromatic heterocycles. The molecule has 44 heavy (non-hydrogen) atoms. The Balaban J connectivity index is 1.22. The monoisotopic (exact) mass is 598 g/mol. The van der Waals surface area contributed by atoms with Gasteiger partial charge in [-0.05, 0) is 86.9 Å². The molecule has 1 atom stereocenters. The van der Waals surface area contributed by atoms with Crippen molar-refractivity contribution in [2.75, 3.05) is 44.2 Å². The zero-order valence-corrected chi connectivity index (χ0v) is 25.7. The summed E-state index contributed by atoms with van der Waals surface area (Å²) in [4.78, 5) is 27.2. The van der Waals surface area contributed by atoms with Crippen molar-refractivity contribution in [3.63, 3.8) is 0 Å². The molecule has 7 nitrogen and oxygen atoms in total. The minimum Gasteiger partial charge on any atom is -0.493 e. The number of hydrogen-bond acceptors (Lipinski definition) is 5. The third-order valence-electron chi connectivity index (χ3n) is 8.25. The van der Waals surface area contributed by atoms with Crippen LogP contribution in [0.1, 0.15) is 66.4 Å². The number of anilines is 1. The highest BCUT2D eigenvalue weighted by Crippen LogP contribution is 2.24. The molecule has 0 aliphatic carbocycles. The first-order chi connectivity index (χ1) is 21.5. The van der Waals surface area contributed by atoms with Gasteiger partial charge in [-0.3, -0.25) is 9.69 Å². The molecule has 3 aromatic carbocycles. The van der Waals surface area contributed by atoms with Crippen LogP contribution in [-0.4, -0.2) is 66.4 Å². The van der Waals surface area contributed by atoms with Crippen molar-refractivity contribution in [2.24, 2.45) is 5.92 Å². The van der Waals surface area contributed by atoms with E-state index in [9.17, 15) is 14.7 Å². The molecule has 2 N–H and O–H groups in total. The van der Waals surface area contributed by atoms with E-state index < -0.39 is 11.9 Å². The Labute approximate surface area is 261 Å². The topological polar surface area (TPSA) is 90.3 Å². The summed E-state index contributed by atoms with van der Waals surface area (Å²) in [5.74, 6) is -0.636. The number of hydrogen-bond donors (Lipinski definition) is 2. The van der Waals surface area contributed by atoms with E-state index in [4.69, 9.17) is 9.84 Å². The second-order valence-corrected chi connectivity index (χ2v) is 11.6. The van der Waals surface area contributed by atoms with E-state index in [0.717, 1.165) is 81.7 Å². The number of carbonyl (C=O) groups is 2. The van der Waals surface area contributed by atoms with Crippen LogP contribution in [0.15, 0.2) is 84.9 Å². The minimum absolute atomic E-state index is 0.172. The molecular formula is C37H46N2O5. The first-order valence-corrected chi connectivity index (χ1v) is 15.9. The predicted molar refractivity (Wildman–Crippen MR) is 177 cm³/mol. The normalized spacial score (nSPS) is 14.5. The number of carboxylic acid groups (broad SMARTS) is 2. The highest BCUT2D eigenvalue weighted by molar-refractivity contribution is 5.87. The van der Waals surface area contributed by atoms with Crippen molar-refractivity contribution in [2.45, 2.75) is 51.4 Å². The number of allylic oxidation sites excluding steroid dienone is 1. The SMILES string of the molecule is O=C(O)CCCCC(C=Cc1ccccc1OCCCCCN1CCN(c2ccccc2)CC1)Cc1ccc(C(=O)O)cc1. The number of para-hydroxylation sites is 2. The van der Waals surface area contributed by atoms with Gasteiger partial charge in [-0.15, -0.1) is 0 Å². The van der Waals surface area contributed by atoms with Crippen molar-refractivity contribution in [3.05, 3.63) is 102 Å². The van der Waals surface area contributed by atoms with Crippen molar-refractivity contribution >= 4 is 23.7 Å². The number of aromatic carboxylic acids is 1. The van der Waals surface area contributed by atoms with E-state index in [1.807, 2.05) is 30.3 Å². The van der Waals surface area contributed by atoms with E-state index in [-0.39, 0.29) is 17.9 Å². The number of benzene rings is 3. The molecule has 0 spiro atoms. The van der Waals surface area contributed by atoms with Gasteiger partial charge in [0.25, 0.3) is 0 Å². The molecule has 1 aliphatic heterocycles. The zero-order chi connectivity index (χ0) is 31.0. The highest BCUT2D eigenvalue weighted by Gasteiger charge is 2.16. The number of aliphatic carboxylic acids is 1. The molecule has 1 heterocycles. The Morgan fingerprint density at radius 3 is 2.25 bits per heavy atom. The molecule has 0 amide bonds. The van der Waals surface area contributed by atoms with E-state index in [2.05, 4.69) is 58.4 Å². The second kappa shape index (κ2) is 17.9. The molecule has 1 saturated heterocycles. The van der Waals surface area contributed by atoms with Crippen LogP contribution in [0.25, 0.3) is 6.08 Å². The molecule has 3 aromatic rings. The zero-order valence-electron chi connectivity index (χ0n) is 25.7. The Morgan fingerprint density at radius 2 is 1.52 bits per heavy atom. The number of piperazine rings is 1. The van der Waals surface area contributed by atoms with Gasteiger partial charge in [0, 0.05) is 43.9 Å². The fourth-order valence-electron chi connectivity index (χ4n) is 5.69. The van der Waals surface area contributed by atoms with Gasteiger partial charge in [0.1, 0.15) is 5.75 Å². The van der Waals surface area contributed by atoms with Gasteiger partial charge >= 0.3 is 11.9 Å². The van der Waals surface area contributed by atoms with E-state index in [1.165, 1.54) is 12.1 Å². The summed E-state index contributed by atoms with van der Waals surface area (Å²) < 4.78 is 6.21. The third-order valence-corrected chi connectivity index (χ3v) is 8.25. The van der Waals surface area contributed by atoms with Crippen LogP contribution in [0.4, 0.5) is 5.69 Å². The molecule has 1 unspecified atom stereocenters. The first kappa shape index (κ1) is 32.8. The van der Waals surface area contributed by atoms with Gasteiger partial charge in [-0.1, -0.05) is 67.1 Å². The average Bonchev–Trinajstić information content (AvgIpc) is 3.04. The molecule has 234 valence electrons. The molecule has 7 heteroatoms. The van der Waals surface area contributed by atoms with Gasteiger partial charge in [0.05, 0.1) is 12.2 Å². The maximum absolute atomic E-state index is 11.2. The fourth-order valence-corrected chi connectivity index (χ4v) is 5.69. The summed E-state index contributed by atoms with van der Waals surface area (Å²) in [6, 6.07) is 25.7. The van der Waals surface area contributed by atoms with Crippen LogP contribution in [-0.2, 0) is 11.2 Å². The molecule has 0 radical (unpaired) electrons. The summed E-state index contributed by atoms with van der Waals surface area (Å²) in [6.07, 6.45) is 10.9. The number of carboxylic acids is 2. The lowest BCUT2D eigenvalue weighted by atomic mass is 9.92. The van der Waals surface area contributed by atoms with Crippen LogP contribution < -0.4 is 9.64 Å². The quantitative estimate of drug-likeness (QED) is 0.149. The van der Waals surface area contributed by atoms with Crippen molar-refractivity contribution in [3.8, 4) is 5.75 Å². The minimum atomic E-state index is -0.934. The van der Waals surface area contributed by atoms with Crippen molar-refractivity contribution < 1.29 is 24.5 Å². The van der Waals surface area contributed by atoms with Gasteiger partial charge < -0.3 is 19.8 Å². The Kier molecular flexibility index (Phi) is 13.3. The smallest absolute Gasteiger partial charge is 0.335 e. The fraction of sp³-hybridized carbons (Fsp3) is 0.405. The Bertz CT molecular complexity index is 1320. The van der Waals surface area contributed by atoms with Crippen LogP contribution in [0.5, 0.6) is 5.75 Å². The highest BCUT2D eigenvalue weighted by atomic mass is 16.5. The van der Waals surface area contributed by atoms with E-state index in [0.29, 0.717) is 13.0 Å². The lowest BCUT2D eigenvalue weighted by Gasteiger charge is -2.36. The number of rotatable bonds is 18. The summed E-state index contributed by atoms with van der Waals surface area (Å²) in [6.45, 7) is 6.20. The van der Waals surface area contributed by atoms with Gasteiger partial charge in [0.15, 0.2) is 0 Å². The molecular weight excluding hydrogens is 552 g/mol. The van der Waals surface area contributed by atoms with E-state index in [1.54, 1.807) is 12.1 Å². The first-order valence-electron chi connectivity index (χ1n) is 15.9. The largest absolute Gasteiger partial charge is 0.493 e. The summed E-state index contributed by atoms with van der Waals surface area (Å²) in [7, 11) is 0. The average molecular weight is 599 g/mol. The molecule has 1 fully saturated rings. The lowest BCUT2D eigenvalue weighted by molar-refractivity contribution is -0.137. The van der Waals surface area contributed by atoms with Gasteiger partial charge in [0.2, 0.25) is 0 Å². The van der Waals surface area contributed by atoms with Gasteiger partial charge in [-0.2, -0.15) is 0 Å². The summed E-state index contributed by atoms with van der Waals surface area (Å²) >= 11 is 0. The molecule has 1 aliphatic rings. The van der Waals surface area contributed by atoms with Crippen LogP contribution >= 0.6 is 0 Å². The lowest BCUT2D eigenvalue weighted by Crippen LogP contribution is -2.46. The summed E-state index contributed by atoms with van der Waals surface area (Å²) in [5, 5.41) is 18.2. The maximum Gasteiger partial charge on any atom is 0.335 e. The molecule has 0 bridgehead atoms. The standard InChI is InChI=1S/C37H46N2O5/c40-36(41)16-8-5-11-30(29-31-18-21-33(22-19-31)37(42)43)17-20-32-12-6-7-15-35(32)44-28-10-2-9-23-38-24-26-39(27-25-38)34-13-3-1-4-14-34/h1,3-4,6-7,12-15,17-22,30H,2,5,8-11,16,23-29H2,(H,40,41)(H,42,43). The third kappa shape index (κ3) is 11.2. The van der Waals surface area contributed by atoms with Crippen LogP contribution in [0, 0.1) is 5.92 Å². The van der Waals surface area contributed by atoms with Crippen molar-refractivity contribution in [1.29, 1.82) is 0 Å². The number of unbranched alkanes of at least 4 members (excludes halogenated alkanes) is 3. The maximum atomic E-state index is 11.2. The number of ether oxygens (including phenoxy) is 1. The van der Waals surface area contributed by atoms with Crippen molar-refractivity contribution in [1.82, 2.24) is 4.90 Å². The molecule has 0 saturated carbocycles. The van der Waals surface area contributed by atoms with E-state index >= 15 is 0 Å². The second-order valence-electron chi connectivity index (χ2n) is 11.6. The molecule has 4 rings (SSSR count). The number of nitrogens with zero attached hydrogens (tertiary/aromatic N) is 2. The predicted octanol–water partition coefficient (Wildman–Crippen LogP) is 7.27. The Hall–Kier alpha value is -4.10. The summed E-state index contributed by atoms with van der Waals surface area (Å²) in [5.41, 5.74) is 3.68. The van der Waals surface area contributed by atoms with Crippen LogP contribution in [0.3, 0.4) is 0 Å². The Morgan fingerprint density at radius 1 is 0.795 bits per heavy atom. The van der Waals surface area contributed by atoms with Crippen LogP contribution in [0.2, 0.25) is 0 Å². The van der Waals surface area contributed by atoms with Gasteiger partial charge in [-0.25, -0.2) is 4.79 Å².